The van der Waals surface area contributed by atoms with Crippen LogP contribution < -0.4 is 16.4 Å². The fraction of sp³-hybridized carbons (Fsp3) is 0.889. The summed E-state index contributed by atoms with van der Waals surface area (Å²) < 4.78 is 0. The van der Waals surface area contributed by atoms with Crippen LogP contribution in [0.4, 0.5) is 0 Å². The van der Waals surface area contributed by atoms with E-state index in [2.05, 4.69) is 17.6 Å². The van der Waals surface area contributed by atoms with Gasteiger partial charge in [0.2, 0.25) is 5.91 Å². The van der Waals surface area contributed by atoms with E-state index in [0.29, 0.717) is 6.04 Å². The number of carbonyl (C=O) groups is 1. The second-order valence-electron chi connectivity index (χ2n) is 3.79. The van der Waals surface area contributed by atoms with Crippen LogP contribution in [0.3, 0.4) is 0 Å². The highest BCUT2D eigenvalue weighted by Gasteiger charge is 2.23. The third kappa shape index (κ3) is 3.82. The smallest absolute Gasteiger partial charge is 0.236 e. The van der Waals surface area contributed by atoms with E-state index < -0.39 is 6.04 Å². The molecule has 1 aliphatic heterocycles. The van der Waals surface area contributed by atoms with E-state index >= 15 is 0 Å². The first-order valence-corrected chi connectivity index (χ1v) is 4.90. The minimum absolute atomic E-state index is 0. The lowest BCUT2D eigenvalue weighted by Gasteiger charge is -2.31. The summed E-state index contributed by atoms with van der Waals surface area (Å²) in [4.78, 5) is 11.3. The molecule has 84 valence electrons. The Hall–Kier alpha value is -0.320. The average molecular weight is 222 g/mol. The molecule has 1 heterocycles. The number of nitrogens with two attached hydrogens (primary N) is 1. The summed E-state index contributed by atoms with van der Waals surface area (Å²) in [6.45, 7) is 4.84. The predicted molar refractivity (Wildman–Crippen MR) is 59.5 cm³/mol. The zero-order valence-corrected chi connectivity index (χ0v) is 9.56. The topological polar surface area (TPSA) is 67.1 Å². The van der Waals surface area contributed by atoms with E-state index in [1.54, 1.807) is 6.92 Å². The molecule has 14 heavy (non-hydrogen) atoms. The van der Waals surface area contributed by atoms with Crippen molar-refractivity contribution in [1.82, 2.24) is 10.6 Å². The maximum Gasteiger partial charge on any atom is 0.236 e. The van der Waals surface area contributed by atoms with Crippen molar-refractivity contribution in [3.63, 3.8) is 0 Å². The van der Waals surface area contributed by atoms with Gasteiger partial charge in [0, 0.05) is 12.1 Å². The zero-order chi connectivity index (χ0) is 9.84. The van der Waals surface area contributed by atoms with Crippen molar-refractivity contribution < 1.29 is 4.79 Å². The lowest BCUT2D eigenvalue weighted by molar-refractivity contribution is -0.123. The number of hydrogen-bond acceptors (Lipinski definition) is 3. The lowest BCUT2D eigenvalue weighted by atomic mass is 9.99. The van der Waals surface area contributed by atoms with E-state index in [-0.39, 0.29) is 24.4 Å². The fourth-order valence-electron chi connectivity index (χ4n) is 1.56. The quantitative estimate of drug-likeness (QED) is 0.616. The second kappa shape index (κ2) is 6.22. The summed E-state index contributed by atoms with van der Waals surface area (Å²) in [5, 5.41) is 6.26. The van der Waals surface area contributed by atoms with Crippen LogP contribution in [0.2, 0.25) is 0 Å². The highest BCUT2D eigenvalue weighted by atomic mass is 35.5. The van der Waals surface area contributed by atoms with Crippen LogP contribution in [0, 0.1) is 0 Å². The molecule has 1 aliphatic rings. The molecule has 5 heteroatoms. The Morgan fingerprint density at radius 3 is 2.79 bits per heavy atom. The van der Waals surface area contributed by atoms with Crippen LogP contribution in [0.15, 0.2) is 0 Å². The van der Waals surface area contributed by atoms with E-state index in [1.165, 1.54) is 0 Å². The Bertz CT molecular complexity index is 187. The van der Waals surface area contributed by atoms with Crippen molar-refractivity contribution in [1.29, 1.82) is 0 Å². The molecule has 1 amide bonds. The third-order valence-electron chi connectivity index (χ3n) is 2.50. The van der Waals surface area contributed by atoms with Gasteiger partial charge in [-0.25, -0.2) is 0 Å². The van der Waals surface area contributed by atoms with Gasteiger partial charge in [-0.15, -0.1) is 12.4 Å². The van der Waals surface area contributed by atoms with Crippen molar-refractivity contribution in [3.05, 3.63) is 0 Å². The fourth-order valence-corrected chi connectivity index (χ4v) is 1.56. The SMILES string of the molecule is CC1NCCCC1NC(=O)[C@@H](C)N.Cl. The van der Waals surface area contributed by atoms with Crippen LogP contribution in [0.1, 0.15) is 26.7 Å². The number of amides is 1. The number of halogens is 1. The second-order valence-corrected chi connectivity index (χ2v) is 3.79. The molecule has 2 unspecified atom stereocenters. The molecule has 1 saturated heterocycles. The number of carbonyl (C=O) groups excluding carboxylic acids is 1. The van der Waals surface area contributed by atoms with Gasteiger partial charge in [-0.05, 0) is 33.2 Å². The van der Waals surface area contributed by atoms with Gasteiger partial charge in [-0.3, -0.25) is 4.79 Å². The number of rotatable bonds is 2. The van der Waals surface area contributed by atoms with Gasteiger partial charge in [0.25, 0.3) is 0 Å². The van der Waals surface area contributed by atoms with Crippen molar-refractivity contribution in [3.8, 4) is 0 Å². The summed E-state index contributed by atoms with van der Waals surface area (Å²) in [6, 6.07) is 0.192. The normalized spacial score (nSPS) is 28.8. The van der Waals surface area contributed by atoms with Crippen LogP contribution in [0.5, 0.6) is 0 Å². The number of hydrogen-bond donors (Lipinski definition) is 3. The zero-order valence-electron chi connectivity index (χ0n) is 8.75. The lowest BCUT2D eigenvalue weighted by Crippen LogP contribution is -2.54. The van der Waals surface area contributed by atoms with Crippen LogP contribution >= 0.6 is 12.4 Å². The first-order chi connectivity index (χ1) is 6.11. The molecular weight excluding hydrogens is 202 g/mol. The maximum atomic E-state index is 11.3. The molecule has 0 aromatic rings. The molecule has 0 bridgehead atoms. The van der Waals surface area contributed by atoms with Crippen molar-refractivity contribution in [2.75, 3.05) is 6.54 Å². The van der Waals surface area contributed by atoms with E-state index in [0.717, 1.165) is 19.4 Å². The maximum absolute atomic E-state index is 11.3. The van der Waals surface area contributed by atoms with Gasteiger partial charge in [0.15, 0.2) is 0 Å². The molecule has 4 N–H and O–H groups in total. The largest absolute Gasteiger partial charge is 0.350 e. The summed E-state index contributed by atoms with van der Waals surface area (Å²) >= 11 is 0. The van der Waals surface area contributed by atoms with Crippen LogP contribution in [-0.4, -0.2) is 30.6 Å². The Labute approximate surface area is 91.4 Å². The molecular formula is C9H20ClN3O. The van der Waals surface area contributed by atoms with Crippen molar-refractivity contribution in [2.24, 2.45) is 5.73 Å². The molecule has 4 nitrogen and oxygen atoms in total. The molecule has 0 radical (unpaired) electrons. The Morgan fingerprint density at radius 2 is 2.29 bits per heavy atom. The molecule has 1 fully saturated rings. The van der Waals surface area contributed by atoms with E-state index in [9.17, 15) is 4.79 Å². The van der Waals surface area contributed by atoms with Gasteiger partial charge in [-0.1, -0.05) is 0 Å². The molecule has 3 atom stereocenters. The number of nitrogens with one attached hydrogen (secondary N) is 2. The summed E-state index contributed by atoms with van der Waals surface area (Å²) in [5.74, 6) is -0.0550. The molecule has 0 saturated carbocycles. The Kier molecular flexibility index (Phi) is 6.08. The highest BCUT2D eigenvalue weighted by Crippen LogP contribution is 2.07. The Morgan fingerprint density at radius 1 is 1.64 bits per heavy atom. The monoisotopic (exact) mass is 221 g/mol. The minimum atomic E-state index is -0.408. The van der Waals surface area contributed by atoms with Gasteiger partial charge < -0.3 is 16.4 Å². The minimum Gasteiger partial charge on any atom is -0.350 e. The van der Waals surface area contributed by atoms with Crippen LogP contribution in [0.25, 0.3) is 0 Å². The highest BCUT2D eigenvalue weighted by molar-refractivity contribution is 5.85. The molecule has 0 aromatic heterocycles. The first-order valence-electron chi connectivity index (χ1n) is 4.90. The number of piperidine rings is 1. The van der Waals surface area contributed by atoms with Gasteiger partial charge in [-0.2, -0.15) is 0 Å². The van der Waals surface area contributed by atoms with Crippen molar-refractivity contribution in [2.45, 2.75) is 44.8 Å². The van der Waals surface area contributed by atoms with Gasteiger partial charge in [0.05, 0.1) is 6.04 Å². The molecule has 0 aliphatic carbocycles. The van der Waals surface area contributed by atoms with Crippen molar-refractivity contribution >= 4 is 18.3 Å². The van der Waals surface area contributed by atoms with Gasteiger partial charge in [0.1, 0.15) is 0 Å². The summed E-state index contributed by atoms with van der Waals surface area (Å²) in [6.07, 6.45) is 2.17. The Balaban J connectivity index is 0.00000169. The van der Waals surface area contributed by atoms with E-state index in [1.807, 2.05) is 0 Å². The first kappa shape index (κ1) is 13.7. The average Bonchev–Trinajstić information content (AvgIpc) is 2.08. The standard InChI is InChI=1S/C9H19N3O.ClH/c1-6(10)9(13)12-8-4-3-5-11-7(8)2;/h6-8,11H,3-5,10H2,1-2H3,(H,12,13);1H/t6-,7?,8?;/m1./s1. The van der Waals surface area contributed by atoms with E-state index in [4.69, 9.17) is 5.73 Å². The molecule has 0 spiro atoms. The molecule has 0 aromatic carbocycles. The predicted octanol–water partition coefficient (Wildman–Crippen LogP) is 0.0121. The van der Waals surface area contributed by atoms with Crippen LogP contribution in [-0.2, 0) is 4.79 Å². The molecule has 1 rings (SSSR count). The van der Waals surface area contributed by atoms with Gasteiger partial charge >= 0.3 is 0 Å². The summed E-state index contributed by atoms with van der Waals surface area (Å²) in [7, 11) is 0. The summed E-state index contributed by atoms with van der Waals surface area (Å²) in [5.41, 5.74) is 5.47. The third-order valence-corrected chi connectivity index (χ3v) is 2.50.